The van der Waals surface area contributed by atoms with Crippen LogP contribution in [0.25, 0.3) is 10.8 Å². The van der Waals surface area contributed by atoms with Gasteiger partial charge in [0, 0.05) is 12.0 Å². The number of carbonyl (C=O) groups excluding carboxylic acids is 1. The number of phenolic OH excluding ortho intramolecular Hbond substituents is 1. The number of unbranched alkanes of at least 4 members (excludes halogenated alkanes) is 4. The minimum Gasteiger partial charge on any atom is -0.508 e. The van der Waals surface area contributed by atoms with E-state index in [1.165, 1.54) is 19.3 Å². The summed E-state index contributed by atoms with van der Waals surface area (Å²) in [5.41, 5.74) is 0.777. The zero-order chi connectivity index (χ0) is 14.4. The topological polar surface area (TPSA) is 37.3 Å². The molecule has 2 aromatic carbocycles. The zero-order valence-corrected chi connectivity index (χ0v) is 12.1. The van der Waals surface area contributed by atoms with Crippen LogP contribution in [0.4, 0.5) is 0 Å². The number of phenols is 1. The summed E-state index contributed by atoms with van der Waals surface area (Å²) in [5.74, 6) is 0.476. The van der Waals surface area contributed by atoms with Gasteiger partial charge in [-0.15, -0.1) is 0 Å². The number of aromatic hydroxyl groups is 1. The van der Waals surface area contributed by atoms with Crippen LogP contribution in [-0.2, 0) is 0 Å². The molecule has 2 aromatic rings. The first-order chi connectivity index (χ1) is 9.70. The highest BCUT2D eigenvalue weighted by Crippen LogP contribution is 2.22. The molecule has 0 aliphatic rings. The maximum Gasteiger partial charge on any atom is 0.162 e. The molecule has 1 N–H and O–H groups in total. The van der Waals surface area contributed by atoms with E-state index in [-0.39, 0.29) is 11.5 Å². The van der Waals surface area contributed by atoms with Gasteiger partial charge in [0.2, 0.25) is 0 Å². The molecule has 0 atom stereocenters. The quantitative estimate of drug-likeness (QED) is 0.562. The van der Waals surface area contributed by atoms with E-state index in [1.54, 1.807) is 12.1 Å². The van der Waals surface area contributed by atoms with Gasteiger partial charge in [-0.05, 0) is 35.4 Å². The van der Waals surface area contributed by atoms with Crippen molar-refractivity contribution in [2.24, 2.45) is 0 Å². The summed E-state index contributed by atoms with van der Waals surface area (Å²) in [6, 6.07) is 10.9. The van der Waals surface area contributed by atoms with Gasteiger partial charge in [0.1, 0.15) is 5.75 Å². The highest BCUT2D eigenvalue weighted by molar-refractivity contribution is 6.00. The summed E-state index contributed by atoms with van der Waals surface area (Å²) < 4.78 is 0. The second-order valence-corrected chi connectivity index (χ2v) is 5.33. The van der Waals surface area contributed by atoms with Gasteiger partial charge in [-0.1, -0.05) is 50.8 Å². The number of hydrogen-bond donors (Lipinski definition) is 1. The van der Waals surface area contributed by atoms with Gasteiger partial charge in [-0.3, -0.25) is 4.79 Å². The fraction of sp³-hybridized carbons (Fsp3) is 0.389. The number of rotatable bonds is 7. The van der Waals surface area contributed by atoms with Gasteiger partial charge in [0.05, 0.1) is 0 Å². The van der Waals surface area contributed by atoms with E-state index in [0.29, 0.717) is 6.42 Å². The van der Waals surface area contributed by atoms with E-state index in [1.807, 2.05) is 24.3 Å². The zero-order valence-electron chi connectivity index (χ0n) is 12.1. The van der Waals surface area contributed by atoms with E-state index in [9.17, 15) is 9.90 Å². The molecule has 2 heteroatoms. The number of hydrogen-bond acceptors (Lipinski definition) is 2. The Morgan fingerprint density at radius 1 is 0.950 bits per heavy atom. The highest BCUT2D eigenvalue weighted by atomic mass is 16.3. The van der Waals surface area contributed by atoms with Crippen molar-refractivity contribution in [3.63, 3.8) is 0 Å². The van der Waals surface area contributed by atoms with E-state index in [4.69, 9.17) is 0 Å². The van der Waals surface area contributed by atoms with Crippen LogP contribution in [0.5, 0.6) is 5.75 Å². The lowest BCUT2D eigenvalue weighted by atomic mass is 10.0. The largest absolute Gasteiger partial charge is 0.508 e. The minimum atomic E-state index is 0.219. The molecule has 2 nitrogen and oxygen atoms in total. The van der Waals surface area contributed by atoms with Crippen molar-refractivity contribution < 1.29 is 9.90 Å². The molecule has 2 rings (SSSR count). The molecule has 0 amide bonds. The third-order valence-corrected chi connectivity index (χ3v) is 3.65. The lowest BCUT2D eigenvalue weighted by molar-refractivity contribution is 0.0979. The molecule has 0 bridgehead atoms. The molecule has 0 saturated carbocycles. The van der Waals surface area contributed by atoms with Crippen molar-refractivity contribution >= 4 is 16.6 Å². The molecule has 0 heterocycles. The third kappa shape index (κ3) is 3.83. The smallest absolute Gasteiger partial charge is 0.162 e. The first kappa shape index (κ1) is 14.6. The van der Waals surface area contributed by atoms with Crippen LogP contribution in [0, 0.1) is 0 Å². The lowest BCUT2D eigenvalue weighted by Gasteiger charge is -2.04. The number of Topliss-reactive ketones (excluding diaryl/α,β-unsaturated/α-hetero) is 1. The number of benzene rings is 2. The van der Waals surface area contributed by atoms with E-state index in [0.717, 1.165) is 29.2 Å². The van der Waals surface area contributed by atoms with Crippen LogP contribution in [0.3, 0.4) is 0 Å². The SMILES string of the molecule is CCCCCCCC(=O)c1ccc2cc(O)ccc2c1. The molecule has 0 saturated heterocycles. The fourth-order valence-electron chi connectivity index (χ4n) is 2.44. The van der Waals surface area contributed by atoms with E-state index >= 15 is 0 Å². The highest BCUT2D eigenvalue weighted by Gasteiger charge is 2.06. The van der Waals surface area contributed by atoms with Gasteiger partial charge < -0.3 is 5.11 Å². The van der Waals surface area contributed by atoms with Crippen LogP contribution < -0.4 is 0 Å². The minimum absolute atomic E-state index is 0.219. The standard InChI is InChI=1S/C18H22O2/c1-2-3-4-5-6-7-18(20)16-9-8-15-13-17(19)11-10-14(15)12-16/h8-13,19H,2-7H2,1H3. The van der Waals surface area contributed by atoms with Gasteiger partial charge in [-0.25, -0.2) is 0 Å². The summed E-state index contributed by atoms with van der Waals surface area (Å²) in [6.45, 7) is 2.19. The Labute approximate surface area is 120 Å². The van der Waals surface area contributed by atoms with Crippen molar-refractivity contribution in [3.05, 3.63) is 42.0 Å². The summed E-state index contributed by atoms with van der Waals surface area (Å²) in [5, 5.41) is 11.4. The Kier molecular flexibility index (Phi) is 5.16. The van der Waals surface area contributed by atoms with Gasteiger partial charge >= 0.3 is 0 Å². The van der Waals surface area contributed by atoms with E-state index in [2.05, 4.69) is 6.92 Å². The average molecular weight is 270 g/mol. The molecule has 0 radical (unpaired) electrons. The van der Waals surface area contributed by atoms with Crippen molar-refractivity contribution in [3.8, 4) is 5.75 Å². The van der Waals surface area contributed by atoms with Crippen LogP contribution in [-0.4, -0.2) is 10.9 Å². The van der Waals surface area contributed by atoms with Crippen LogP contribution in [0.15, 0.2) is 36.4 Å². The predicted octanol–water partition coefficient (Wildman–Crippen LogP) is 5.09. The summed E-state index contributed by atoms with van der Waals surface area (Å²) in [6.07, 6.45) is 6.46. The second kappa shape index (κ2) is 7.09. The van der Waals surface area contributed by atoms with Gasteiger partial charge in [-0.2, -0.15) is 0 Å². The van der Waals surface area contributed by atoms with E-state index < -0.39 is 0 Å². The second-order valence-electron chi connectivity index (χ2n) is 5.33. The van der Waals surface area contributed by atoms with Gasteiger partial charge in [0.15, 0.2) is 5.78 Å². The lowest BCUT2D eigenvalue weighted by Crippen LogP contribution is -1.98. The molecule has 0 fully saturated rings. The monoisotopic (exact) mass is 270 g/mol. The fourth-order valence-corrected chi connectivity index (χ4v) is 2.44. The maximum absolute atomic E-state index is 12.1. The van der Waals surface area contributed by atoms with Crippen LogP contribution in [0.1, 0.15) is 55.8 Å². The molecule has 0 aromatic heterocycles. The summed E-state index contributed by atoms with van der Waals surface area (Å²) >= 11 is 0. The number of fused-ring (bicyclic) bond motifs is 1. The third-order valence-electron chi connectivity index (χ3n) is 3.65. The van der Waals surface area contributed by atoms with Crippen molar-refractivity contribution in [2.75, 3.05) is 0 Å². The molecule has 0 aliphatic heterocycles. The molecular weight excluding hydrogens is 248 g/mol. The van der Waals surface area contributed by atoms with Crippen molar-refractivity contribution in [1.29, 1.82) is 0 Å². The first-order valence-electron chi connectivity index (χ1n) is 7.46. The van der Waals surface area contributed by atoms with Gasteiger partial charge in [0.25, 0.3) is 0 Å². The predicted molar refractivity (Wildman–Crippen MR) is 83.3 cm³/mol. The van der Waals surface area contributed by atoms with Crippen molar-refractivity contribution in [2.45, 2.75) is 45.4 Å². The number of ketones is 1. The maximum atomic E-state index is 12.1. The molecule has 0 aliphatic carbocycles. The Bertz CT molecular complexity index is 587. The Morgan fingerprint density at radius 2 is 1.65 bits per heavy atom. The first-order valence-corrected chi connectivity index (χ1v) is 7.46. The normalized spacial score (nSPS) is 10.8. The summed E-state index contributed by atoms with van der Waals surface area (Å²) in [4.78, 5) is 12.1. The van der Waals surface area contributed by atoms with Crippen LogP contribution >= 0.6 is 0 Å². The van der Waals surface area contributed by atoms with Crippen LogP contribution in [0.2, 0.25) is 0 Å². The molecular formula is C18H22O2. The molecule has 0 unspecified atom stereocenters. The summed E-state index contributed by atoms with van der Waals surface area (Å²) in [7, 11) is 0. The number of carbonyl (C=O) groups is 1. The molecule has 0 spiro atoms. The molecule has 20 heavy (non-hydrogen) atoms. The Balaban J connectivity index is 1.98. The molecule has 106 valence electrons. The van der Waals surface area contributed by atoms with Crippen molar-refractivity contribution in [1.82, 2.24) is 0 Å². The Morgan fingerprint density at radius 3 is 2.45 bits per heavy atom. The average Bonchev–Trinajstić information content (AvgIpc) is 2.46. The Hall–Kier alpha value is -1.83.